The number of anilines is 2. The number of rotatable bonds is 11. The van der Waals surface area contributed by atoms with Crippen LogP contribution >= 0.6 is 11.3 Å². The summed E-state index contributed by atoms with van der Waals surface area (Å²) in [6.45, 7) is 4.65. The Morgan fingerprint density at radius 1 is 1.14 bits per heavy atom. The molecule has 0 atom stereocenters. The molecule has 1 aromatic carbocycles. The lowest BCUT2D eigenvalue weighted by Crippen LogP contribution is -2.26. The number of aromatic nitrogens is 2. The largest absolute Gasteiger partial charge is 0.442 e. The first-order valence-corrected chi connectivity index (χ1v) is 12.6. The fraction of sp³-hybridized carbons (Fsp3) is 0.385. The number of hydrogen-bond donors (Lipinski definition) is 0. The van der Waals surface area contributed by atoms with Gasteiger partial charge < -0.3 is 4.74 Å². The normalized spacial score (nSPS) is 11.5. The molecule has 10 heteroatoms. The van der Waals surface area contributed by atoms with E-state index in [9.17, 15) is 22.4 Å². The van der Waals surface area contributed by atoms with Crippen LogP contribution in [0.5, 0.6) is 0 Å². The molecular formula is C26H28F4N3O2S. The summed E-state index contributed by atoms with van der Waals surface area (Å²) in [5.41, 5.74) is -0.488. The van der Waals surface area contributed by atoms with Gasteiger partial charge in [-0.1, -0.05) is 56.4 Å². The van der Waals surface area contributed by atoms with E-state index in [4.69, 9.17) is 4.74 Å². The Kier molecular flexibility index (Phi) is 9.81. The summed E-state index contributed by atoms with van der Waals surface area (Å²) in [4.78, 5) is 21.7. The number of alkyl halides is 3. The summed E-state index contributed by atoms with van der Waals surface area (Å²) in [6, 6.07) is 6.86. The van der Waals surface area contributed by atoms with Gasteiger partial charge in [-0.15, -0.1) is 0 Å². The second-order valence-electron chi connectivity index (χ2n) is 8.17. The minimum absolute atomic E-state index is 0.0582. The van der Waals surface area contributed by atoms with Crippen molar-refractivity contribution in [2.75, 3.05) is 4.90 Å². The van der Waals surface area contributed by atoms with E-state index in [2.05, 4.69) is 16.9 Å². The Balaban J connectivity index is 1.95. The molecule has 0 unspecified atom stereocenters. The third-order valence-corrected chi connectivity index (χ3v) is 6.39. The molecule has 1 amide bonds. The molecule has 3 rings (SSSR count). The SMILES string of the molecule is C[CH]OC(=O)N(c1ccc(CCCCCCCC)c(C(F)(F)F)c1)c1nc(-c2cccnc2)c(F)s1. The molecule has 0 fully saturated rings. The highest BCUT2D eigenvalue weighted by Gasteiger charge is 2.35. The molecule has 0 N–H and O–H groups in total. The fourth-order valence-electron chi connectivity index (χ4n) is 3.80. The number of pyridine rings is 1. The van der Waals surface area contributed by atoms with Crippen molar-refractivity contribution in [2.45, 2.75) is 65.0 Å². The van der Waals surface area contributed by atoms with E-state index in [0.717, 1.165) is 49.7 Å². The fourth-order valence-corrected chi connectivity index (χ4v) is 4.62. The highest BCUT2D eigenvalue weighted by Crippen LogP contribution is 2.40. The zero-order valence-electron chi connectivity index (χ0n) is 20.1. The molecule has 0 aliphatic heterocycles. The van der Waals surface area contributed by atoms with Gasteiger partial charge in [-0.05, 0) is 49.6 Å². The average Bonchev–Trinajstić information content (AvgIpc) is 3.23. The zero-order valence-corrected chi connectivity index (χ0v) is 21.0. The van der Waals surface area contributed by atoms with Gasteiger partial charge in [-0.2, -0.15) is 17.6 Å². The van der Waals surface area contributed by atoms with Crippen LogP contribution in [0.1, 0.15) is 63.5 Å². The molecule has 36 heavy (non-hydrogen) atoms. The molecule has 2 heterocycles. The van der Waals surface area contributed by atoms with Crippen molar-refractivity contribution in [3.8, 4) is 11.3 Å². The lowest BCUT2D eigenvalue weighted by Gasteiger charge is -2.21. The van der Waals surface area contributed by atoms with Crippen molar-refractivity contribution in [2.24, 2.45) is 0 Å². The van der Waals surface area contributed by atoms with Crippen molar-refractivity contribution in [3.63, 3.8) is 0 Å². The number of halogens is 4. The number of ether oxygens (including phenoxy) is 1. The smallest absolute Gasteiger partial charge is 0.421 e. The number of carbonyl (C=O) groups is 1. The predicted molar refractivity (Wildman–Crippen MR) is 132 cm³/mol. The first kappa shape index (κ1) is 27.6. The molecular weight excluding hydrogens is 494 g/mol. The van der Waals surface area contributed by atoms with Crippen LogP contribution in [0.3, 0.4) is 0 Å². The van der Waals surface area contributed by atoms with E-state index in [0.29, 0.717) is 23.3 Å². The minimum Gasteiger partial charge on any atom is -0.442 e. The van der Waals surface area contributed by atoms with Gasteiger partial charge in [0.25, 0.3) is 0 Å². The quantitative estimate of drug-likeness (QED) is 0.187. The Morgan fingerprint density at radius 2 is 1.89 bits per heavy atom. The Morgan fingerprint density at radius 3 is 2.56 bits per heavy atom. The summed E-state index contributed by atoms with van der Waals surface area (Å²) < 4.78 is 61.7. The molecule has 2 aromatic heterocycles. The van der Waals surface area contributed by atoms with Crippen LogP contribution in [-0.2, 0) is 17.3 Å². The summed E-state index contributed by atoms with van der Waals surface area (Å²) in [6.07, 6.45) is 3.30. The summed E-state index contributed by atoms with van der Waals surface area (Å²) in [5.74, 6) is 0. The van der Waals surface area contributed by atoms with E-state index >= 15 is 0 Å². The summed E-state index contributed by atoms with van der Waals surface area (Å²) in [7, 11) is 0. The maximum absolute atomic E-state index is 14.8. The molecule has 0 aliphatic rings. The van der Waals surface area contributed by atoms with Gasteiger partial charge in [0.15, 0.2) is 0 Å². The molecule has 1 radical (unpaired) electrons. The van der Waals surface area contributed by atoms with Gasteiger partial charge in [0, 0.05) is 18.0 Å². The average molecular weight is 523 g/mol. The number of unbranched alkanes of at least 4 members (excludes halogenated alkanes) is 5. The maximum atomic E-state index is 14.8. The molecule has 0 bridgehead atoms. The third-order valence-electron chi connectivity index (χ3n) is 5.56. The van der Waals surface area contributed by atoms with Gasteiger partial charge in [0.2, 0.25) is 10.3 Å². The number of hydrogen-bond acceptors (Lipinski definition) is 5. The van der Waals surface area contributed by atoms with Crippen LogP contribution in [0.4, 0.5) is 33.2 Å². The highest BCUT2D eigenvalue weighted by atomic mass is 32.1. The molecule has 0 aliphatic carbocycles. The van der Waals surface area contributed by atoms with Crippen LogP contribution in [0, 0.1) is 11.7 Å². The summed E-state index contributed by atoms with van der Waals surface area (Å²) in [5, 5.41) is -0.859. The second kappa shape index (κ2) is 12.8. The molecule has 3 aromatic rings. The Hall–Kier alpha value is -3.01. The second-order valence-corrected chi connectivity index (χ2v) is 9.10. The maximum Gasteiger partial charge on any atom is 0.421 e. The lowest BCUT2D eigenvalue weighted by molar-refractivity contribution is -0.138. The van der Waals surface area contributed by atoms with E-state index in [1.54, 1.807) is 12.1 Å². The third kappa shape index (κ3) is 7.02. The lowest BCUT2D eigenvalue weighted by atomic mass is 9.99. The van der Waals surface area contributed by atoms with Crippen molar-refractivity contribution in [1.82, 2.24) is 9.97 Å². The van der Waals surface area contributed by atoms with Crippen molar-refractivity contribution >= 4 is 28.2 Å². The molecule has 0 spiro atoms. The van der Waals surface area contributed by atoms with Crippen LogP contribution < -0.4 is 4.90 Å². The van der Waals surface area contributed by atoms with Crippen LogP contribution in [0.2, 0.25) is 0 Å². The van der Waals surface area contributed by atoms with Crippen LogP contribution in [0.25, 0.3) is 11.3 Å². The standard InChI is InChI=1S/C26H28F4N3O2S/c1-3-5-6-7-8-9-11-18-13-14-20(16-21(18)26(28,29)30)33(25(34)35-4-2)24-32-22(23(27)36-24)19-12-10-15-31-17-19/h4,10,12-17H,3,5-9,11H2,1-2H3. The van der Waals surface area contributed by atoms with Crippen LogP contribution in [-0.4, -0.2) is 16.1 Å². The minimum atomic E-state index is -4.63. The first-order chi connectivity index (χ1) is 17.3. The van der Waals surface area contributed by atoms with E-state index in [1.165, 1.54) is 31.5 Å². The Bertz CT molecular complexity index is 1140. The zero-order chi connectivity index (χ0) is 26.1. The molecule has 5 nitrogen and oxygen atoms in total. The number of amides is 1. The van der Waals surface area contributed by atoms with Crippen LogP contribution in [0.15, 0.2) is 42.7 Å². The predicted octanol–water partition coefficient (Wildman–Crippen LogP) is 8.72. The number of nitrogens with zero attached hydrogens (tertiary/aromatic N) is 3. The first-order valence-electron chi connectivity index (χ1n) is 11.8. The van der Waals surface area contributed by atoms with E-state index in [1.807, 2.05) is 0 Å². The number of aryl methyl sites for hydroxylation is 1. The monoisotopic (exact) mass is 522 g/mol. The molecule has 193 valence electrons. The number of benzene rings is 1. The van der Waals surface area contributed by atoms with Crippen molar-refractivity contribution in [3.05, 3.63) is 65.6 Å². The van der Waals surface area contributed by atoms with E-state index < -0.39 is 23.0 Å². The van der Waals surface area contributed by atoms with Gasteiger partial charge in [-0.3, -0.25) is 4.98 Å². The number of carbonyl (C=O) groups excluding carboxylic acids is 1. The Labute approximate surface area is 212 Å². The van der Waals surface area contributed by atoms with Gasteiger partial charge in [0.05, 0.1) is 11.3 Å². The van der Waals surface area contributed by atoms with Crippen molar-refractivity contribution in [1.29, 1.82) is 0 Å². The van der Waals surface area contributed by atoms with Crippen molar-refractivity contribution < 1.29 is 27.1 Å². The van der Waals surface area contributed by atoms with Gasteiger partial charge in [0.1, 0.15) is 12.3 Å². The van der Waals surface area contributed by atoms with Gasteiger partial charge in [-0.25, -0.2) is 14.7 Å². The number of thiazole rings is 1. The highest BCUT2D eigenvalue weighted by molar-refractivity contribution is 7.14. The topological polar surface area (TPSA) is 55.3 Å². The molecule has 0 saturated heterocycles. The summed E-state index contributed by atoms with van der Waals surface area (Å²) >= 11 is 0.532. The molecule has 0 saturated carbocycles. The van der Waals surface area contributed by atoms with Gasteiger partial charge >= 0.3 is 12.3 Å². The van der Waals surface area contributed by atoms with E-state index in [-0.39, 0.29) is 28.5 Å².